The van der Waals surface area contributed by atoms with Gasteiger partial charge in [0.2, 0.25) is 5.91 Å². The monoisotopic (exact) mass is 439 g/mol. The normalized spacial score (nSPS) is 15.6. The van der Waals surface area contributed by atoms with E-state index in [0.29, 0.717) is 11.4 Å². The molecule has 158 valence electrons. The lowest BCUT2D eigenvalue weighted by Gasteiger charge is -2.20. The van der Waals surface area contributed by atoms with Crippen molar-refractivity contribution in [2.24, 2.45) is 17.9 Å². The fraction of sp³-hybridized carbons (Fsp3) is 0.150. The molecule has 1 unspecified atom stereocenters. The van der Waals surface area contributed by atoms with Gasteiger partial charge in [-0.2, -0.15) is 5.10 Å². The second kappa shape index (κ2) is 8.56. The molecule has 1 aliphatic rings. The van der Waals surface area contributed by atoms with Crippen LogP contribution in [0.15, 0.2) is 70.0 Å². The number of nitrogens with one attached hydrogen (secondary N) is 1. The van der Waals surface area contributed by atoms with Crippen molar-refractivity contribution in [1.29, 1.82) is 0 Å². The summed E-state index contributed by atoms with van der Waals surface area (Å²) in [7, 11) is 1.85. The Hall–Kier alpha value is -3.73. The summed E-state index contributed by atoms with van der Waals surface area (Å²) >= 11 is 1.44. The second-order valence-corrected chi connectivity index (χ2v) is 7.84. The molecule has 9 nitrogen and oxygen atoms in total. The number of anilines is 2. The zero-order valence-electron chi connectivity index (χ0n) is 16.4. The molecule has 0 fully saturated rings. The van der Waals surface area contributed by atoms with E-state index in [2.05, 4.69) is 20.6 Å². The van der Waals surface area contributed by atoms with Crippen molar-refractivity contribution in [2.75, 3.05) is 10.3 Å². The maximum Gasteiger partial charge on any atom is 0.271 e. The highest BCUT2D eigenvalue weighted by atomic mass is 32.2. The van der Waals surface area contributed by atoms with Crippen LogP contribution in [-0.2, 0) is 16.6 Å². The third-order valence-electron chi connectivity index (χ3n) is 4.58. The fourth-order valence-corrected chi connectivity index (χ4v) is 3.74. The van der Waals surface area contributed by atoms with Crippen LogP contribution in [0.25, 0.3) is 0 Å². The molecule has 0 saturated heterocycles. The van der Waals surface area contributed by atoms with Gasteiger partial charge in [0.1, 0.15) is 23.9 Å². The lowest BCUT2D eigenvalue weighted by atomic mass is 10.1. The van der Waals surface area contributed by atoms with Crippen LogP contribution in [0, 0.1) is 5.82 Å². The Morgan fingerprint density at radius 2 is 1.87 bits per heavy atom. The minimum atomic E-state index is -0.823. The maximum absolute atomic E-state index is 13.2. The third-order valence-corrected chi connectivity index (χ3v) is 5.64. The van der Waals surface area contributed by atoms with Crippen molar-refractivity contribution < 1.29 is 14.0 Å². The molecule has 0 bridgehead atoms. The Kier molecular flexibility index (Phi) is 5.67. The molecular weight excluding hydrogens is 421 g/mol. The zero-order valence-corrected chi connectivity index (χ0v) is 17.2. The zero-order chi connectivity index (χ0) is 22.0. The maximum atomic E-state index is 13.2. The van der Waals surface area contributed by atoms with E-state index in [0.717, 1.165) is 10.1 Å². The third kappa shape index (κ3) is 4.56. The van der Waals surface area contributed by atoms with Crippen LogP contribution in [0.5, 0.6) is 0 Å². The van der Waals surface area contributed by atoms with E-state index in [1.54, 1.807) is 23.0 Å². The van der Waals surface area contributed by atoms with E-state index in [-0.39, 0.29) is 12.1 Å². The molecular formula is C20H18FN7O2S. The molecule has 4 rings (SSSR count). The highest BCUT2D eigenvalue weighted by Gasteiger charge is 2.35. The van der Waals surface area contributed by atoms with E-state index in [9.17, 15) is 14.0 Å². The van der Waals surface area contributed by atoms with Crippen LogP contribution < -0.4 is 16.1 Å². The van der Waals surface area contributed by atoms with E-state index in [1.807, 2.05) is 19.2 Å². The summed E-state index contributed by atoms with van der Waals surface area (Å²) in [6.45, 7) is 0. The van der Waals surface area contributed by atoms with Gasteiger partial charge < -0.3 is 15.6 Å². The first kappa shape index (κ1) is 20.5. The molecule has 1 aromatic heterocycles. The number of nitrogens with zero attached hydrogens (tertiary/aromatic N) is 5. The number of aromatic nitrogens is 3. The Labute approximate surface area is 181 Å². The topological polar surface area (TPSA) is 118 Å². The van der Waals surface area contributed by atoms with Crippen LogP contribution in [0.3, 0.4) is 0 Å². The first-order chi connectivity index (χ1) is 14.9. The van der Waals surface area contributed by atoms with Crippen LogP contribution in [0.2, 0.25) is 0 Å². The van der Waals surface area contributed by atoms with E-state index in [1.165, 1.54) is 41.0 Å². The number of aryl methyl sites for hydroxylation is 1. The van der Waals surface area contributed by atoms with E-state index < -0.39 is 23.7 Å². The van der Waals surface area contributed by atoms with Gasteiger partial charge in [-0.3, -0.25) is 14.6 Å². The first-order valence-electron chi connectivity index (χ1n) is 9.25. The molecule has 0 aliphatic carbocycles. The number of nitrogens with two attached hydrogens (primary N) is 1. The summed E-state index contributed by atoms with van der Waals surface area (Å²) in [5.74, 6) is -1.48. The highest BCUT2D eigenvalue weighted by molar-refractivity contribution is 7.99. The molecule has 11 heteroatoms. The first-order valence-corrected chi connectivity index (χ1v) is 10.1. The van der Waals surface area contributed by atoms with Crippen molar-refractivity contribution in [2.45, 2.75) is 22.5 Å². The molecule has 31 heavy (non-hydrogen) atoms. The van der Waals surface area contributed by atoms with Gasteiger partial charge >= 0.3 is 0 Å². The Balaban J connectivity index is 1.46. The number of halogens is 1. The Morgan fingerprint density at radius 3 is 2.48 bits per heavy atom. The predicted octanol–water partition coefficient (Wildman–Crippen LogP) is 2.16. The number of hydrogen-bond donors (Lipinski definition) is 2. The largest absolute Gasteiger partial charge is 0.368 e. The van der Waals surface area contributed by atoms with Crippen molar-refractivity contribution in [3.05, 3.63) is 60.7 Å². The minimum absolute atomic E-state index is 0.0542. The van der Waals surface area contributed by atoms with Crippen LogP contribution in [0.1, 0.15) is 6.42 Å². The molecule has 1 atom stereocenters. The van der Waals surface area contributed by atoms with Crippen LogP contribution >= 0.6 is 11.8 Å². The Bertz CT molecular complexity index is 1150. The lowest BCUT2D eigenvalue weighted by Crippen LogP contribution is -2.39. The fourth-order valence-electron chi connectivity index (χ4n) is 2.98. The quantitative estimate of drug-likeness (QED) is 0.608. The SMILES string of the molecule is Cn1cnnc1Sc1ccc(NC(=O)C2=NN(c3ccc(F)cc3)C(C(N)=O)C2)cc1. The van der Waals surface area contributed by atoms with Crippen LogP contribution in [-0.4, -0.2) is 38.3 Å². The van der Waals surface area contributed by atoms with Gasteiger partial charge in [0.15, 0.2) is 5.16 Å². The van der Waals surface area contributed by atoms with E-state index in [4.69, 9.17) is 5.73 Å². The van der Waals surface area contributed by atoms with Gasteiger partial charge in [-0.1, -0.05) is 0 Å². The molecule has 0 radical (unpaired) electrons. The standard InChI is InChI=1S/C20H18FN7O2S/c1-27-11-23-25-20(27)31-15-8-4-13(5-9-15)24-19(30)16-10-17(18(22)29)28(26-16)14-6-2-12(21)3-7-14/h2-9,11,17H,10H2,1H3,(H2,22,29)(H,24,30). The number of carbonyl (C=O) groups is 2. The Morgan fingerprint density at radius 1 is 1.16 bits per heavy atom. The van der Waals surface area contributed by atoms with Gasteiger partial charge in [0.25, 0.3) is 5.91 Å². The van der Waals surface area contributed by atoms with Crippen molar-refractivity contribution >= 4 is 40.7 Å². The molecule has 3 aromatic rings. The summed E-state index contributed by atoms with van der Waals surface area (Å²) in [5, 5.41) is 17.0. The summed E-state index contributed by atoms with van der Waals surface area (Å²) in [5.41, 5.74) is 6.68. The molecule has 2 heterocycles. The smallest absolute Gasteiger partial charge is 0.271 e. The van der Waals surface area contributed by atoms with Gasteiger partial charge in [-0.25, -0.2) is 4.39 Å². The summed E-state index contributed by atoms with van der Waals surface area (Å²) < 4.78 is 15.0. The van der Waals surface area contributed by atoms with Crippen molar-refractivity contribution in [3.63, 3.8) is 0 Å². The number of carbonyl (C=O) groups excluding carboxylic acids is 2. The van der Waals surface area contributed by atoms with E-state index >= 15 is 0 Å². The highest BCUT2D eigenvalue weighted by Crippen LogP contribution is 2.27. The number of hydrogen-bond acceptors (Lipinski definition) is 7. The average Bonchev–Trinajstić information content (AvgIpc) is 3.37. The summed E-state index contributed by atoms with van der Waals surface area (Å²) in [6.07, 6.45) is 1.67. The number of benzene rings is 2. The molecule has 2 amide bonds. The molecule has 0 saturated carbocycles. The number of rotatable bonds is 6. The molecule has 3 N–H and O–H groups in total. The van der Waals surface area contributed by atoms with Gasteiger partial charge in [-0.05, 0) is 60.3 Å². The van der Waals surface area contributed by atoms with Gasteiger partial charge in [0, 0.05) is 24.1 Å². The number of amides is 2. The number of hydrazone groups is 1. The lowest BCUT2D eigenvalue weighted by molar-refractivity contribution is -0.119. The van der Waals surface area contributed by atoms with Crippen molar-refractivity contribution in [3.8, 4) is 0 Å². The predicted molar refractivity (Wildman–Crippen MR) is 114 cm³/mol. The van der Waals surface area contributed by atoms with Crippen molar-refractivity contribution in [1.82, 2.24) is 14.8 Å². The van der Waals surface area contributed by atoms with Crippen LogP contribution in [0.4, 0.5) is 15.8 Å². The second-order valence-electron chi connectivity index (χ2n) is 6.79. The number of primary amides is 1. The van der Waals surface area contributed by atoms with Gasteiger partial charge in [-0.15, -0.1) is 10.2 Å². The average molecular weight is 439 g/mol. The van der Waals surface area contributed by atoms with Gasteiger partial charge in [0.05, 0.1) is 5.69 Å². The minimum Gasteiger partial charge on any atom is -0.368 e. The summed E-state index contributed by atoms with van der Waals surface area (Å²) in [4.78, 5) is 25.5. The molecule has 1 aliphatic heterocycles. The molecule has 0 spiro atoms. The molecule has 2 aromatic carbocycles. The summed E-state index contributed by atoms with van der Waals surface area (Å²) in [6, 6.07) is 11.8.